The number of aromatic nitrogens is 3. The average Bonchev–Trinajstić information content (AvgIpc) is 2.91. The number of pyridine rings is 1. The molecule has 37 heavy (non-hydrogen) atoms. The van der Waals surface area contributed by atoms with Crippen molar-refractivity contribution in [1.82, 2.24) is 19.4 Å². The molecule has 0 spiro atoms. The van der Waals surface area contributed by atoms with Crippen LogP contribution in [0.25, 0.3) is 11.0 Å². The lowest BCUT2D eigenvalue weighted by atomic mass is 9.90. The lowest BCUT2D eigenvalue weighted by Crippen LogP contribution is -2.47. The molecule has 1 saturated carbocycles. The predicted molar refractivity (Wildman–Crippen MR) is 141 cm³/mol. The fourth-order valence-corrected chi connectivity index (χ4v) is 6.59. The number of carbonyl (C=O) groups is 1. The highest BCUT2D eigenvalue weighted by Gasteiger charge is 2.30. The van der Waals surface area contributed by atoms with Crippen LogP contribution in [0, 0.1) is 5.82 Å². The van der Waals surface area contributed by atoms with E-state index in [4.69, 9.17) is 0 Å². The molecule has 2 N–H and O–H groups in total. The van der Waals surface area contributed by atoms with E-state index in [9.17, 15) is 23.9 Å². The summed E-state index contributed by atoms with van der Waals surface area (Å²) >= 11 is 1.83. The Balaban J connectivity index is 1.34. The molecule has 3 heterocycles. The molecular weight excluding hydrogens is 495 g/mol. The van der Waals surface area contributed by atoms with Crippen molar-refractivity contribution in [2.24, 2.45) is 0 Å². The smallest absolute Gasteiger partial charge is 0.333 e. The zero-order valence-corrected chi connectivity index (χ0v) is 21.3. The van der Waals surface area contributed by atoms with Gasteiger partial charge in [0.1, 0.15) is 17.6 Å². The van der Waals surface area contributed by atoms with Crippen molar-refractivity contribution in [3.63, 3.8) is 0 Å². The molecule has 2 aliphatic rings. The van der Waals surface area contributed by atoms with Crippen molar-refractivity contribution in [3.8, 4) is 0 Å². The summed E-state index contributed by atoms with van der Waals surface area (Å²) in [6, 6.07) is 9.93. The first-order chi connectivity index (χ1) is 17.9. The lowest BCUT2D eigenvalue weighted by molar-refractivity contribution is -0.130. The Hall–Kier alpha value is -2.98. The second kappa shape index (κ2) is 11.2. The minimum Gasteiger partial charge on any atom is -0.383 e. The van der Waals surface area contributed by atoms with Gasteiger partial charge >= 0.3 is 5.69 Å². The van der Waals surface area contributed by atoms with Gasteiger partial charge in [-0.3, -0.25) is 18.7 Å². The molecular formula is C27H31FN4O4S. The number of hydrogen-bond acceptors (Lipinski definition) is 6. The molecule has 1 aliphatic heterocycles. The number of fused-ring (bicyclic) bond motifs is 1. The number of benzene rings is 1. The average molecular weight is 527 g/mol. The molecule has 1 atom stereocenters. The maximum absolute atomic E-state index is 14.1. The summed E-state index contributed by atoms with van der Waals surface area (Å²) in [4.78, 5) is 43.8. The normalized spacial score (nSPS) is 21.6. The molecule has 1 saturated heterocycles. The Kier molecular flexibility index (Phi) is 7.76. The van der Waals surface area contributed by atoms with E-state index in [0.717, 1.165) is 36.1 Å². The summed E-state index contributed by atoms with van der Waals surface area (Å²) in [5, 5.41) is 13.4. The highest BCUT2D eigenvalue weighted by molar-refractivity contribution is 7.99. The van der Waals surface area contributed by atoms with Gasteiger partial charge in [0.2, 0.25) is 5.91 Å². The number of aliphatic hydroxyl groups excluding tert-OH is 1. The van der Waals surface area contributed by atoms with Crippen molar-refractivity contribution < 1.29 is 14.3 Å². The molecule has 0 radical (unpaired) electrons. The summed E-state index contributed by atoms with van der Waals surface area (Å²) in [7, 11) is 0. The van der Waals surface area contributed by atoms with E-state index in [1.54, 1.807) is 4.57 Å². The number of halogens is 1. The first-order valence-corrected chi connectivity index (χ1v) is 14.0. The van der Waals surface area contributed by atoms with Crippen LogP contribution in [0.15, 0.2) is 52.2 Å². The largest absolute Gasteiger partial charge is 0.383 e. The molecule has 1 amide bonds. The predicted octanol–water partition coefficient (Wildman–Crippen LogP) is 2.97. The topological polar surface area (TPSA) is 106 Å². The molecule has 2 aromatic heterocycles. The van der Waals surface area contributed by atoms with Crippen LogP contribution < -0.4 is 16.6 Å². The third-order valence-electron chi connectivity index (χ3n) is 7.46. The monoisotopic (exact) mass is 526 g/mol. The van der Waals surface area contributed by atoms with Crippen LogP contribution in [0.2, 0.25) is 0 Å². The Bertz CT molecular complexity index is 1380. The highest BCUT2D eigenvalue weighted by atomic mass is 32.2. The number of thioether (sulfide) groups is 1. The van der Waals surface area contributed by atoms with E-state index in [2.05, 4.69) is 10.3 Å². The van der Waals surface area contributed by atoms with Crippen molar-refractivity contribution in [2.75, 3.05) is 11.5 Å². The SMILES string of the molecule is O=C(NC1CCC(n2c(=O)c3cc(F)cnc3n(C3CCSCC3)c2=O)CC1)C(O)Cc1ccccc1. The molecule has 0 bridgehead atoms. The minimum absolute atomic E-state index is 0.0807. The summed E-state index contributed by atoms with van der Waals surface area (Å²) in [6.07, 6.45) is 3.90. The van der Waals surface area contributed by atoms with Gasteiger partial charge in [0, 0.05) is 24.5 Å². The molecule has 10 heteroatoms. The second-order valence-corrected chi connectivity index (χ2v) is 11.1. The number of carbonyl (C=O) groups excluding carboxylic acids is 1. The van der Waals surface area contributed by atoms with Gasteiger partial charge in [-0.25, -0.2) is 14.2 Å². The van der Waals surface area contributed by atoms with Crippen LogP contribution >= 0.6 is 11.8 Å². The van der Waals surface area contributed by atoms with Crippen molar-refractivity contribution in [1.29, 1.82) is 0 Å². The Morgan fingerprint density at radius 3 is 2.43 bits per heavy atom. The van der Waals surface area contributed by atoms with Crippen LogP contribution in [0.3, 0.4) is 0 Å². The molecule has 1 unspecified atom stereocenters. The summed E-state index contributed by atoms with van der Waals surface area (Å²) in [5.41, 5.74) is 0.222. The van der Waals surface area contributed by atoms with Crippen molar-refractivity contribution in [2.45, 2.75) is 69.2 Å². The van der Waals surface area contributed by atoms with Crippen LogP contribution in [-0.2, 0) is 11.2 Å². The maximum atomic E-state index is 14.1. The fraction of sp³-hybridized carbons (Fsp3) is 0.481. The first-order valence-electron chi connectivity index (χ1n) is 12.8. The van der Waals surface area contributed by atoms with Gasteiger partial charge in [-0.1, -0.05) is 30.3 Å². The van der Waals surface area contributed by atoms with E-state index >= 15 is 0 Å². The quantitative estimate of drug-likeness (QED) is 0.512. The standard InChI is InChI=1S/C27H31FN4O4S/c28-18-15-22-24(29-16-18)31(21-10-12-37-13-11-21)27(36)32(26(22)35)20-8-6-19(7-9-20)30-25(34)23(33)14-17-4-2-1-3-5-17/h1-5,15-16,19-21,23,33H,6-14H2,(H,30,34). The Morgan fingerprint density at radius 1 is 1.05 bits per heavy atom. The third kappa shape index (κ3) is 5.50. The molecule has 8 nitrogen and oxygen atoms in total. The van der Waals surface area contributed by atoms with Gasteiger partial charge in [-0.2, -0.15) is 11.8 Å². The zero-order valence-electron chi connectivity index (χ0n) is 20.5. The van der Waals surface area contributed by atoms with E-state index in [0.29, 0.717) is 25.7 Å². The number of amides is 1. The fourth-order valence-electron chi connectivity index (χ4n) is 5.50. The molecule has 2 fully saturated rings. The van der Waals surface area contributed by atoms with E-state index in [1.807, 2.05) is 42.1 Å². The van der Waals surface area contributed by atoms with E-state index in [-0.39, 0.29) is 41.3 Å². The highest BCUT2D eigenvalue weighted by Crippen LogP contribution is 2.30. The van der Waals surface area contributed by atoms with Gasteiger partial charge in [0.05, 0.1) is 11.6 Å². The van der Waals surface area contributed by atoms with Crippen LogP contribution in [0.5, 0.6) is 0 Å². The van der Waals surface area contributed by atoms with Crippen molar-refractivity contribution in [3.05, 3.63) is 74.8 Å². The lowest BCUT2D eigenvalue weighted by Gasteiger charge is -2.32. The Labute approximate surface area is 217 Å². The van der Waals surface area contributed by atoms with E-state index in [1.165, 1.54) is 10.6 Å². The Morgan fingerprint density at radius 2 is 1.73 bits per heavy atom. The summed E-state index contributed by atoms with van der Waals surface area (Å²) in [6.45, 7) is 0. The molecule has 196 valence electrons. The van der Waals surface area contributed by atoms with Gasteiger partial charge in [-0.05, 0) is 61.7 Å². The van der Waals surface area contributed by atoms with Gasteiger partial charge in [0.25, 0.3) is 5.56 Å². The van der Waals surface area contributed by atoms with Crippen LogP contribution in [0.1, 0.15) is 56.2 Å². The molecule has 3 aromatic rings. The van der Waals surface area contributed by atoms with E-state index < -0.39 is 23.4 Å². The number of aliphatic hydroxyl groups is 1. The van der Waals surface area contributed by atoms with Gasteiger partial charge in [-0.15, -0.1) is 0 Å². The second-order valence-electron chi connectivity index (χ2n) is 9.92. The zero-order chi connectivity index (χ0) is 25.9. The third-order valence-corrected chi connectivity index (χ3v) is 8.51. The first kappa shape index (κ1) is 25.7. The van der Waals surface area contributed by atoms with Gasteiger partial charge < -0.3 is 10.4 Å². The van der Waals surface area contributed by atoms with Crippen LogP contribution in [-0.4, -0.2) is 48.8 Å². The number of rotatable bonds is 6. The summed E-state index contributed by atoms with van der Waals surface area (Å²) in [5.74, 6) is 0.801. The number of hydrogen-bond donors (Lipinski definition) is 2. The minimum atomic E-state index is -1.15. The maximum Gasteiger partial charge on any atom is 0.333 e. The van der Waals surface area contributed by atoms with Crippen LogP contribution in [0.4, 0.5) is 4.39 Å². The molecule has 1 aromatic carbocycles. The van der Waals surface area contributed by atoms with Crippen molar-refractivity contribution >= 4 is 28.7 Å². The van der Waals surface area contributed by atoms with Gasteiger partial charge in [0.15, 0.2) is 0 Å². The molecule has 1 aliphatic carbocycles. The molecule has 5 rings (SSSR count). The number of nitrogens with zero attached hydrogens (tertiary/aromatic N) is 3. The number of nitrogens with one attached hydrogen (secondary N) is 1. The summed E-state index contributed by atoms with van der Waals surface area (Å²) < 4.78 is 17.0.